The molecule has 3 aliphatic rings. The number of rotatable bonds is 6. The Morgan fingerprint density at radius 2 is 2.03 bits per heavy atom. The van der Waals surface area contributed by atoms with Gasteiger partial charge in [0.2, 0.25) is 0 Å². The van der Waals surface area contributed by atoms with Crippen LogP contribution in [0.4, 0.5) is 5.69 Å². The minimum atomic E-state index is -0.505. The number of amides is 1. The molecule has 0 aromatic heterocycles. The second kappa shape index (κ2) is 10.1. The molecule has 7 heteroatoms. The Kier molecular flexibility index (Phi) is 7.35. The van der Waals surface area contributed by atoms with Crippen molar-refractivity contribution in [3.05, 3.63) is 35.4 Å². The molecule has 0 saturated carbocycles. The van der Waals surface area contributed by atoms with Gasteiger partial charge < -0.3 is 15.5 Å². The van der Waals surface area contributed by atoms with Crippen LogP contribution in [-0.2, 0) is 10.3 Å². The standard InChI is InChI=1S/C28H40N6O/c1-6-33-13-15-34(16-14-33)28(4,5)21-7-8-24(32-26(35)25-30-19-22(18-29)31-25)23(17-21)20-9-11-27(2,3)12-10-20/h7-9,17,22H,6,10-16,19H2,1-5H3,(H,30,31)(H,32,35). The van der Waals surface area contributed by atoms with Crippen LogP contribution in [0.5, 0.6) is 0 Å². The number of hydrogen-bond acceptors (Lipinski definition) is 6. The maximum atomic E-state index is 13.0. The number of carbonyl (C=O) groups is 1. The maximum absolute atomic E-state index is 13.0. The quantitative estimate of drug-likeness (QED) is 0.649. The van der Waals surface area contributed by atoms with Crippen molar-refractivity contribution in [3.8, 4) is 6.07 Å². The summed E-state index contributed by atoms with van der Waals surface area (Å²) in [6.07, 6.45) is 5.49. The Balaban J connectivity index is 1.64. The molecule has 0 radical (unpaired) electrons. The predicted octanol–water partition coefficient (Wildman–Crippen LogP) is 3.99. The molecule has 1 aliphatic carbocycles. The minimum absolute atomic E-state index is 0.108. The van der Waals surface area contributed by atoms with Gasteiger partial charge in [-0.1, -0.05) is 32.9 Å². The second-order valence-electron chi connectivity index (χ2n) is 11.3. The minimum Gasteiger partial charge on any atom is -0.362 e. The number of anilines is 1. The smallest absolute Gasteiger partial charge is 0.290 e. The van der Waals surface area contributed by atoms with Crippen LogP contribution in [0.15, 0.2) is 29.3 Å². The lowest BCUT2D eigenvalue weighted by Gasteiger charge is -2.44. The van der Waals surface area contributed by atoms with E-state index >= 15 is 0 Å². The van der Waals surface area contributed by atoms with Gasteiger partial charge >= 0.3 is 0 Å². The number of piperazine rings is 1. The van der Waals surface area contributed by atoms with Gasteiger partial charge in [0.05, 0.1) is 12.6 Å². The van der Waals surface area contributed by atoms with Crippen molar-refractivity contribution in [1.29, 1.82) is 5.26 Å². The van der Waals surface area contributed by atoms with Gasteiger partial charge in [-0.25, -0.2) is 4.99 Å². The first-order valence-electron chi connectivity index (χ1n) is 13.0. The highest BCUT2D eigenvalue weighted by molar-refractivity contribution is 6.42. The Labute approximate surface area is 210 Å². The summed E-state index contributed by atoms with van der Waals surface area (Å²) in [4.78, 5) is 22.2. The van der Waals surface area contributed by atoms with E-state index in [2.05, 4.69) is 84.3 Å². The van der Waals surface area contributed by atoms with Gasteiger partial charge in [-0.15, -0.1) is 0 Å². The van der Waals surface area contributed by atoms with E-state index in [0.717, 1.165) is 63.2 Å². The molecule has 1 amide bonds. The summed E-state index contributed by atoms with van der Waals surface area (Å²) in [5, 5.41) is 15.2. The average molecular weight is 477 g/mol. The summed E-state index contributed by atoms with van der Waals surface area (Å²) in [6, 6.07) is 8.08. The summed E-state index contributed by atoms with van der Waals surface area (Å²) in [7, 11) is 0. The number of likely N-dealkylation sites (N-methyl/N-ethyl adjacent to an activating group) is 1. The highest BCUT2D eigenvalue weighted by Gasteiger charge is 2.33. The Hall–Kier alpha value is -2.69. The number of benzene rings is 1. The fraction of sp³-hybridized carbons (Fsp3) is 0.607. The van der Waals surface area contributed by atoms with Gasteiger partial charge in [0, 0.05) is 43.0 Å². The van der Waals surface area contributed by atoms with Crippen molar-refractivity contribution in [2.75, 3.05) is 44.6 Å². The number of nitriles is 1. The van der Waals surface area contributed by atoms with Crippen molar-refractivity contribution < 1.29 is 4.79 Å². The number of allylic oxidation sites excluding steroid dienone is 2. The van der Waals surface area contributed by atoms with Crippen molar-refractivity contribution in [3.63, 3.8) is 0 Å². The van der Waals surface area contributed by atoms with E-state index in [-0.39, 0.29) is 17.3 Å². The molecule has 1 saturated heterocycles. The van der Waals surface area contributed by atoms with Crippen LogP contribution in [-0.4, -0.2) is 66.9 Å². The number of hydrogen-bond donors (Lipinski definition) is 2. The summed E-state index contributed by atoms with van der Waals surface area (Å²) in [5.41, 5.74) is 4.66. The van der Waals surface area contributed by atoms with E-state index in [1.807, 2.05) is 6.07 Å². The maximum Gasteiger partial charge on any atom is 0.290 e. The van der Waals surface area contributed by atoms with E-state index in [0.29, 0.717) is 12.0 Å². The molecule has 1 aromatic rings. The topological polar surface area (TPSA) is 83.8 Å². The zero-order valence-corrected chi connectivity index (χ0v) is 21.9. The number of nitrogens with zero attached hydrogens (tertiary/aromatic N) is 4. The lowest BCUT2D eigenvalue weighted by molar-refractivity contribution is -0.110. The normalized spacial score (nSPS) is 23.1. The van der Waals surface area contributed by atoms with Crippen LogP contribution in [0.25, 0.3) is 5.57 Å². The number of carbonyl (C=O) groups excluding carboxylic acids is 1. The van der Waals surface area contributed by atoms with Crippen LogP contribution in [0.2, 0.25) is 0 Å². The van der Waals surface area contributed by atoms with Gasteiger partial charge in [0.25, 0.3) is 5.91 Å². The van der Waals surface area contributed by atoms with Crippen LogP contribution in [0.3, 0.4) is 0 Å². The molecule has 2 heterocycles. The van der Waals surface area contributed by atoms with Crippen LogP contribution in [0.1, 0.15) is 65.0 Å². The van der Waals surface area contributed by atoms with Gasteiger partial charge in [-0.2, -0.15) is 5.26 Å². The molecule has 2 N–H and O–H groups in total. The fourth-order valence-electron chi connectivity index (χ4n) is 5.26. The van der Waals surface area contributed by atoms with Gasteiger partial charge in [0.15, 0.2) is 11.9 Å². The number of amidine groups is 1. The monoisotopic (exact) mass is 476 g/mol. The van der Waals surface area contributed by atoms with Crippen molar-refractivity contribution in [2.45, 2.75) is 65.5 Å². The first-order chi connectivity index (χ1) is 16.6. The van der Waals surface area contributed by atoms with Gasteiger partial charge in [-0.3, -0.25) is 9.69 Å². The zero-order chi connectivity index (χ0) is 25.2. The van der Waals surface area contributed by atoms with Crippen molar-refractivity contribution in [2.24, 2.45) is 10.4 Å². The molecule has 4 rings (SSSR count). The third-order valence-corrected chi connectivity index (χ3v) is 8.01. The largest absolute Gasteiger partial charge is 0.362 e. The molecular formula is C28H40N6O. The Morgan fingerprint density at radius 3 is 2.63 bits per heavy atom. The number of aliphatic imine (C=N–C) groups is 1. The first kappa shape index (κ1) is 25.4. The van der Waals surface area contributed by atoms with Crippen molar-refractivity contribution in [1.82, 2.24) is 15.1 Å². The Morgan fingerprint density at radius 1 is 1.29 bits per heavy atom. The molecule has 0 spiro atoms. The lowest BCUT2D eigenvalue weighted by Crippen LogP contribution is -2.53. The van der Waals surface area contributed by atoms with E-state index in [1.165, 1.54) is 11.1 Å². The second-order valence-corrected chi connectivity index (χ2v) is 11.3. The molecule has 2 aliphatic heterocycles. The van der Waals surface area contributed by atoms with Crippen LogP contribution >= 0.6 is 0 Å². The highest BCUT2D eigenvalue weighted by Crippen LogP contribution is 2.41. The molecule has 1 fully saturated rings. The summed E-state index contributed by atoms with van der Waals surface area (Å²) in [5.74, 6) is -0.0529. The molecular weight excluding hydrogens is 436 g/mol. The summed E-state index contributed by atoms with van der Waals surface area (Å²) in [6.45, 7) is 17.3. The molecule has 35 heavy (non-hydrogen) atoms. The van der Waals surface area contributed by atoms with Crippen LogP contribution < -0.4 is 10.6 Å². The van der Waals surface area contributed by atoms with Crippen molar-refractivity contribution >= 4 is 23.0 Å². The third kappa shape index (κ3) is 5.60. The first-order valence-corrected chi connectivity index (χ1v) is 13.0. The summed E-state index contributed by atoms with van der Waals surface area (Å²) < 4.78 is 0. The Bertz CT molecular complexity index is 1060. The molecule has 1 atom stereocenters. The molecule has 1 unspecified atom stereocenters. The zero-order valence-electron chi connectivity index (χ0n) is 21.9. The molecule has 1 aromatic carbocycles. The highest BCUT2D eigenvalue weighted by atomic mass is 16.2. The van der Waals surface area contributed by atoms with Gasteiger partial charge in [0.1, 0.15) is 0 Å². The van der Waals surface area contributed by atoms with E-state index in [4.69, 9.17) is 5.26 Å². The number of nitrogens with one attached hydrogen (secondary N) is 2. The van der Waals surface area contributed by atoms with E-state index < -0.39 is 6.04 Å². The van der Waals surface area contributed by atoms with Crippen LogP contribution in [0, 0.1) is 16.7 Å². The molecule has 7 nitrogen and oxygen atoms in total. The summed E-state index contributed by atoms with van der Waals surface area (Å²) >= 11 is 0. The molecule has 0 bridgehead atoms. The third-order valence-electron chi connectivity index (χ3n) is 8.01. The lowest BCUT2D eigenvalue weighted by atomic mass is 9.76. The van der Waals surface area contributed by atoms with E-state index in [9.17, 15) is 4.79 Å². The average Bonchev–Trinajstić information content (AvgIpc) is 3.34. The predicted molar refractivity (Wildman–Crippen MR) is 142 cm³/mol. The fourth-order valence-corrected chi connectivity index (χ4v) is 5.26. The van der Waals surface area contributed by atoms with Gasteiger partial charge in [-0.05, 0) is 68.3 Å². The molecule has 188 valence electrons. The van der Waals surface area contributed by atoms with E-state index in [1.54, 1.807) is 0 Å². The SMILES string of the molecule is CCN1CCN(C(C)(C)c2ccc(NC(=O)C3=NC(C#N)CN3)c(C3=CCC(C)(C)CC3)c2)CC1.